The predicted molar refractivity (Wildman–Crippen MR) is 131 cm³/mol. The van der Waals surface area contributed by atoms with E-state index in [-0.39, 0.29) is 6.42 Å². The Balaban J connectivity index is 2.12. The van der Waals surface area contributed by atoms with Crippen molar-refractivity contribution >= 4 is 54.3 Å². The zero-order valence-electron chi connectivity index (χ0n) is 18.0. The number of carbonyl (C=O) groups is 2. The van der Waals surface area contributed by atoms with E-state index in [0.29, 0.717) is 35.2 Å². The minimum absolute atomic E-state index is 0.286. The van der Waals surface area contributed by atoms with E-state index < -0.39 is 56.4 Å². The molecule has 1 aromatic carbocycles. The molecule has 4 N–H and O–H groups in total. The normalized spacial score (nSPS) is 13.2. The highest BCUT2D eigenvalue weighted by Gasteiger charge is 2.31. The van der Waals surface area contributed by atoms with Gasteiger partial charge >= 0.3 is 6.18 Å². The molecule has 0 saturated heterocycles. The molecule has 1 atom stereocenters. The second kappa shape index (κ2) is 12.1. The molecule has 0 radical (unpaired) electrons. The number of halogens is 4. The molecule has 1 heterocycles. The van der Waals surface area contributed by atoms with Crippen LogP contribution in [-0.4, -0.2) is 41.6 Å². The fraction of sp³-hybridized carbons (Fsp3) is 0.300. The minimum Gasteiger partial charge on any atom is -0.379 e. The number of sulfonamides is 1. The molecule has 0 aliphatic carbocycles. The maximum atomic E-state index is 12.9. The topological polar surface area (TPSA) is 153 Å². The van der Waals surface area contributed by atoms with Crippen molar-refractivity contribution in [3.63, 3.8) is 0 Å². The number of hydrogen-bond acceptors (Lipinski definition) is 6. The molecule has 0 spiro atoms. The lowest BCUT2D eigenvalue weighted by molar-refractivity contribution is -0.137. The summed E-state index contributed by atoms with van der Waals surface area (Å²) in [5, 5.41) is 2.45. The number of amidine groups is 1. The van der Waals surface area contributed by atoms with Gasteiger partial charge in [0, 0.05) is 12.7 Å². The fourth-order valence-electron chi connectivity index (χ4n) is 2.86. The third-order valence-corrected chi connectivity index (χ3v) is 6.20. The van der Waals surface area contributed by atoms with E-state index in [4.69, 9.17) is 5.73 Å². The van der Waals surface area contributed by atoms with Crippen LogP contribution in [0.25, 0.3) is 0 Å². The van der Waals surface area contributed by atoms with Gasteiger partial charge in [0.1, 0.15) is 18.5 Å². The van der Waals surface area contributed by atoms with Gasteiger partial charge in [-0.2, -0.15) is 13.2 Å². The van der Waals surface area contributed by atoms with Gasteiger partial charge in [-0.05, 0) is 65.8 Å². The number of pyridine rings is 1. The molecule has 0 aliphatic rings. The Bertz CT molecular complexity index is 1260. The van der Waals surface area contributed by atoms with Gasteiger partial charge in [0.15, 0.2) is 3.84 Å². The molecular weight excluding hydrogens is 606 g/mol. The number of aromatic nitrogens is 1. The summed E-state index contributed by atoms with van der Waals surface area (Å²) in [5.41, 5.74) is 2.85. The van der Waals surface area contributed by atoms with Crippen LogP contribution in [0.4, 0.5) is 18.9 Å². The molecule has 0 unspecified atom stereocenters. The first-order chi connectivity index (χ1) is 16.3. The van der Waals surface area contributed by atoms with Crippen LogP contribution in [-0.2, 0) is 32.3 Å². The molecule has 0 saturated carbocycles. The molecule has 35 heavy (non-hydrogen) atoms. The van der Waals surface area contributed by atoms with Gasteiger partial charge in [-0.25, -0.2) is 8.42 Å². The molecular formula is C20H21F3IN5O5S. The highest BCUT2D eigenvalue weighted by molar-refractivity contribution is 14.1. The third kappa shape index (κ3) is 8.65. The van der Waals surface area contributed by atoms with E-state index in [1.165, 1.54) is 12.3 Å². The third-order valence-electron chi connectivity index (χ3n) is 4.50. The van der Waals surface area contributed by atoms with Gasteiger partial charge in [-0.1, -0.05) is 6.07 Å². The number of amides is 1. The number of nitrogens with two attached hydrogens (primary N) is 1. The van der Waals surface area contributed by atoms with Crippen LogP contribution in [0.15, 0.2) is 57.3 Å². The van der Waals surface area contributed by atoms with Gasteiger partial charge in [-0.15, -0.1) is 0 Å². The number of aliphatic imine (C=N–C) groups is 1. The molecule has 2 aromatic rings. The Hall–Kier alpha value is -2.95. The summed E-state index contributed by atoms with van der Waals surface area (Å²) in [4.78, 5) is 39.4. The van der Waals surface area contributed by atoms with Crippen molar-refractivity contribution in [2.45, 2.75) is 36.5 Å². The summed E-state index contributed by atoms with van der Waals surface area (Å²) in [5.74, 6) is -0.681. The van der Waals surface area contributed by atoms with Crippen molar-refractivity contribution in [2.75, 3.05) is 11.3 Å². The maximum absolute atomic E-state index is 12.9. The summed E-state index contributed by atoms with van der Waals surface area (Å²) in [7, 11) is -4.54. The number of benzene rings is 1. The fourth-order valence-corrected chi connectivity index (χ4v) is 4.20. The lowest BCUT2D eigenvalue weighted by atomic mass is 10.2. The summed E-state index contributed by atoms with van der Waals surface area (Å²) in [6, 6.07) is 4.59. The van der Waals surface area contributed by atoms with Crippen molar-refractivity contribution in [1.29, 1.82) is 0 Å². The first-order valence-corrected chi connectivity index (χ1v) is 12.5. The number of nitrogens with zero attached hydrogens (tertiary/aromatic N) is 2. The molecule has 2 rings (SSSR count). The van der Waals surface area contributed by atoms with E-state index in [1.807, 2.05) is 27.3 Å². The van der Waals surface area contributed by atoms with Crippen molar-refractivity contribution < 1.29 is 31.2 Å². The SMILES string of the molecule is NC(I)=NCCC[C@@H](C=O)NC(=O)Cn1cccc(NS(=O)(=O)c2cccc(C(F)(F)F)c2)c1=O. The lowest BCUT2D eigenvalue weighted by Crippen LogP contribution is -2.40. The zero-order chi connectivity index (χ0) is 26.2. The number of aldehydes is 1. The molecule has 0 bridgehead atoms. The van der Waals surface area contributed by atoms with Crippen LogP contribution in [0.5, 0.6) is 0 Å². The first-order valence-electron chi connectivity index (χ1n) is 9.93. The monoisotopic (exact) mass is 627 g/mol. The number of hydrogen-bond donors (Lipinski definition) is 3. The molecule has 1 aromatic heterocycles. The van der Waals surface area contributed by atoms with Gasteiger partial charge in [-0.3, -0.25) is 19.3 Å². The van der Waals surface area contributed by atoms with Crippen LogP contribution in [0.1, 0.15) is 18.4 Å². The second-order valence-corrected chi connectivity index (χ2v) is 9.93. The van der Waals surface area contributed by atoms with Crippen LogP contribution in [0.2, 0.25) is 0 Å². The predicted octanol–water partition coefficient (Wildman–Crippen LogP) is 1.88. The van der Waals surface area contributed by atoms with Gasteiger partial charge < -0.3 is 20.4 Å². The number of anilines is 1. The van der Waals surface area contributed by atoms with Crippen LogP contribution >= 0.6 is 22.6 Å². The average Bonchev–Trinajstić information content (AvgIpc) is 2.77. The number of nitrogens with one attached hydrogen (secondary N) is 2. The van der Waals surface area contributed by atoms with Crippen LogP contribution < -0.4 is 21.3 Å². The quantitative estimate of drug-likeness (QED) is 0.0865. The highest BCUT2D eigenvalue weighted by Crippen LogP contribution is 2.30. The summed E-state index contributed by atoms with van der Waals surface area (Å²) in [6.45, 7) is -0.163. The van der Waals surface area contributed by atoms with E-state index in [2.05, 4.69) is 10.3 Å². The van der Waals surface area contributed by atoms with Crippen molar-refractivity contribution in [3.8, 4) is 0 Å². The molecule has 10 nitrogen and oxygen atoms in total. The Morgan fingerprint density at radius 2 is 1.97 bits per heavy atom. The van der Waals surface area contributed by atoms with Gasteiger partial charge in [0.05, 0.1) is 16.5 Å². The van der Waals surface area contributed by atoms with Crippen molar-refractivity contribution in [3.05, 3.63) is 58.5 Å². The Morgan fingerprint density at radius 1 is 1.26 bits per heavy atom. The number of rotatable bonds is 11. The zero-order valence-corrected chi connectivity index (χ0v) is 20.9. The molecule has 190 valence electrons. The van der Waals surface area contributed by atoms with E-state index in [0.717, 1.165) is 22.8 Å². The number of alkyl halides is 3. The Morgan fingerprint density at radius 3 is 2.60 bits per heavy atom. The van der Waals surface area contributed by atoms with Crippen molar-refractivity contribution in [1.82, 2.24) is 9.88 Å². The van der Waals surface area contributed by atoms with Crippen LogP contribution in [0, 0.1) is 0 Å². The molecule has 0 fully saturated rings. The average molecular weight is 627 g/mol. The van der Waals surface area contributed by atoms with E-state index in [9.17, 15) is 36.0 Å². The summed E-state index contributed by atoms with van der Waals surface area (Å²) >= 11 is 1.83. The Labute approximate surface area is 212 Å². The minimum atomic E-state index is -4.76. The maximum Gasteiger partial charge on any atom is 0.416 e. The largest absolute Gasteiger partial charge is 0.416 e. The number of carbonyl (C=O) groups excluding carboxylic acids is 2. The second-order valence-electron chi connectivity index (χ2n) is 7.14. The smallest absolute Gasteiger partial charge is 0.379 e. The molecule has 15 heteroatoms. The summed E-state index contributed by atoms with van der Waals surface area (Å²) in [6.07, 6.45) is -2.24. The van der Waals surface area contributed by atoms with Gasteiger partial charge in [0.2, 0.25) is 5.91 Å². The lowest BCUT2D eigenvalue weighted by Gasteiger charge is -2.14. The van der Waals surface area contributed by atoms with Crippen molar-refractivity contribution in [2.24, 2.45) is 10.7 Å². The highest BCUT2D eigenvalue weighted by atomic mass is 127. The van der Waals surface area contributed by atoms with Crippen LogP contribution in [0.3, 0.4) is 0 Å². The van der Waals surface area contributed by atoms with E-state index >= 15 is 0 Å². The van der Waals surface area contributed by atoms with Gasteiger partial charge in [0.25, 0.3) is 15.6 Å². The Kier molecular flexibility index (Phi) is 9.82. The van der Waals surface area contributed by atoms with E-state index in [1.54, 1.807) is 0 Å². The first kappa shape index (κ1) is 28.3. The molecule has 0 aliphatic heterocycles. The molecule has 1 amide bonds. The standard InChI is InChI=1S/C20H21F3IN5O5S/c21-20(22,23)13-4-1-6-15(10-13)35(33,34)28-16-7-3-9-29(18(16)32)11-17(31)27-14(12-30)5-2-8-26-19(24)25/h1,3-4,6-7,9-10,12,14,28H,2,5,8,11H2,(H2,25,26)(H,27,31)/t14-/m0/s1. The summed E-state index contributed by atoms with van der Waals surface area (Å²) < 4.78 is 67.1.